The van der Waals surface area contributed by atoms with E-state index >= 15 is 0 Å². The summed E-state index contributed by atoms with van der Waals surface area (Å²) in [6, 6.07) is -0.434. The maximum absolute atomic E-state index is 11.9. The third kappa shape index (κ3) is 31.1. The predicted octanol–water partition coefficient (Wildman–Crippen LogP) is -0.459. The predicted molar refractivity (Wildman–Crippen MR) is 146 cm³/mol. The molecular weight excluding hydrogens is 514 g/mol. The standard InChI is InChI=1S/C26H53N3O10/c1-28-7-3-2-4-25(24-30)29-26(31)5-8-32-10-12-34-14-16-36-18-20-38-22-23-39-21-19-37-17-15-35-13-11-33-9-6-27/h24-25,28H,2-23,27H2,1H3,(H,29,31). The number of hydrogen-bond donors (Lipinski definition) is 3. The van der Waals surface area contributed by atoms with Crippen molar-refractivity contribution in [3.8, 4) is 0 Å². The molecule has 0 aliphatic carbocycles. The van der Waals surface area contributed by atoms with Gasteiger partial charge in [-0.05, 0) is 32.9 Å². The van der Waals surface area contributed by atoms with Crippen molar-refractivity contribution in [2.24, 2.45) is 5.73 Å². The summed E-state index contributed by atoms with van der Waals surface area (Å²) in [5, 5.41) is 5.78. The highest BCUT2D eigenvalue weighted by Gasteiger charge is 2.10. The summed E-state index contributed by atoms with van der Waals surface area (Å²) in [5.41, 5.74) is 5.32. The lowest BCUT2D eigenvalue weighted by atomic mass is 10.1. The maximum atomic E-state index is 11.9. The summed E-state index contributed by atoms with van der Waals surface area (Å²) in [5.74, 6) is -0.184. The molecular formula is C26H53N3O10. The van der Waals surface area contributed by atoms with E-state index in [1.54, 1.807) is 0 Å². The molecule has 1 amide bonds. The molecule has 0 aliphatic rings. The highest BCUT2D eigenvalue weighted by atomic mass is 16.6. The van der Waals surface area contributed by atoms with Gasteiger partial charge in [0.15, 0.2) is 0 Å². The summed E-state index contributed by atoms with van der Waals surface area (Å²) in [6.45, 7) is 9.08. The zero-order chi connectivity index (χ0) is 28.5. The van der Waals surface area contributed by atoms with Crippen LogP contribution in [-0.4, -0.2) is 144 Å². The Morgan fingerprint density at radius 3 is 1.38 bits per heavy atom. The average Bonchev–Trinajstić information content (AvgIpc) is 2.94. The van der Waals surface area contributed by atoms with E-state index in [4.69, 9.17) is 43.6 Å². The maximum Gasteiger partial charge on any atom is 0.222 e. The summed E-state index contributed by atoms with van der Waals surface area (Å²) < 4.78 is 43.1. The zero-order valence-corrected chi connectivity index (χ0v) is 23.9. The second kappa shape index (κ2) is 32.9. The van der Waals surface area contributed by atoms with Gasteiger partial charge < -0.3 is 59.1 Å². The van der Waals surface area contributed by atoms with Gasteiger partial charge in [0.2, 0.25) is 5.91 Å². The van der Waals surface area contributed by atoms with Crippen molar-refractivity contribution in [1.82, 2.24) is 10.6 Å². The van der Waals surface area contributed by atoms with Gasteiger partial charge in [-0.3, -0.25) is 4.79 Å². The first-order valence-electron chi connectivity index (χ1n) is 14.0. The highest BCUT2D eigenvalue weighted by molar-refractivity contribution is 5.79. The number of aldehydes is 1. The molecule has 0 rings (SSSR count). The van der Waals surface area contributed by atoms with Crippen molar-refractivity contribution in [2.45, 2.75) is 31.7 Å². The van der Waals surface area contributed by atoms with Gasteiger partial charge in [0, 0.05) is 13.0 Å². The smallest absolute Gasteiger partial charge is 0.222 e. The molecule has 4 N–H and O–H groups in total. The molecule has 0 bridgehead atoms. The molecule has 0 heterocycles. The first-order valence-corrected chi connectivity index (χ1v) is 14.0. The fourth-order valence-electron chi connectivity index (χ4n) is 3.01. The largest absolute Gasteiger partial charge is 0.379 e. The van der Waals surface area contributed by atoms with Crippen molar-refractivity contribution in [1.29, 1.82) is 0 Å². The van der Waals surface area contributed by atoms with Crippen molar-refractivity contribution in [2.75, 3.05) is 126 Å². The third-order valence-corrected chi connectivity index (χ3v) is 5.04. The Kier molecular flexibility index (Phi) is 31.9. The molecule has 0 radical (unpaired) electrons. The number of ether oxygens (including phenoxy) is 8. The number of unbranched alkanes of at least 4 members (excludes halogenated alkanes) is 1. The second-order valence-corrected chi connectivity index (χ2v) is 8.35. The first kappa shape index (κ1) is 37.7. The summed E-state index contributed by atoms with van der Waals surface area (Å²) in [7, 11) is 1.89. The first-order chi connectivity index (χ1) is 19.2. The minimum atomic E-state index is -0.434. The molecule has 0 aliphatic heterocycles. The van der Waals surface area contributed by atoms with Crippen LogP contribution >= 0.6 is 0 Å². The quantitative estimate of drug-likeness (QED) is 0.0693. The number of amides is 1. The van der Waals surface area contributed by atoms with Crippen molar-refractivity contribution < 1.29 is 47.5 Å². The highest BCUT2D eigenvalue weighted by Crippen LogP contribution is 1.99. The Morgan fingerprint density at radius 2 is 1.03 bits per heavy atom. The van der Waals surface area contributed by atoms with Crippen LogP contribution in [0.3, 0.4) is 0 Å². The number of carbonyl (C=O) groups excluding carboxylic acids is 2. The Labute approximate surface area is 234 Å². The minimum absolute atomic E-state index is 0.184. The van der Waals surface area contributed by atoms with Gasteiger partial charge in [0.05, 0.1) is 112 Å². The van der Waals surface area contributed by atoms with Crippen LogP contribution in [0.5, 0.6) is 0 Å². The van der Waals surface area contributed by atoms with Crippen LogP contribution in [0.2, 0.25) is 0 Å². The van der Waals surface area contributed by atoms with Crippen LogP contribution in [0.1, 0.15) is 25.7 Å². The molecule has 13 heteroatoms. The molecule has 0 aromatic carbocycles. The Morgan fingerprint density at radius 1 is 0.641 bits per heavy atom. The molecule has 1 unspecified atom stereocenters. The number of hydrogen-bond acceptors (Lipinski definition) is 12. The molecule has 232 valence electrons. The van der Waals surface area contributed by atoms with E-state index < -0.39 is 6.04 Å². The van der Waals surface area contributed by atoms with E-state index in [0.717, 1.165) is 25.7 Å². The van der Waals surface area contributed by atoms with E-state index in [-0.39, 0.29) is 18.9 Å². The molecule has 0 saturated carbocycles. The summed E-state index contributed by atoms with van der Waals surface area (Å²) in [6.07, 6.45) is 3.50. The van der Waals surface area contributed by atoms with Gasteiger partial charge in [-0.1, -0.05) is 0 Å². The van der Waals surface area contributed by atoms with E-state index in [2.05, 4.69) is 10.6 Å². The SMILES string of the molecule is CNCCCCC(C=O)NC(=O)CCOCCOCCOCCOCCOCCOCCOCCOCCN. The molecule has 13 nitrogen and oxygen atoms in total. The van der Waals surface area contributed by atoms with Gasteiger partial charge in [-0.15, -0.1) is 0 Å². The normalized spacial score (nSPS) is 12.1. The van der Waals surface area contributed by atoms with Crippen LogP contribution < -0.4 is 16.4 Å². The number of carbonyl (C=O) groups is 2. The van der Waals surface area contributed by atoms with Crippen molar-refractivity contribution >= 4 is 12.2 Å². The lowest BCUT2D eigenvalue weighted by molar-refractivity contribution is -0.125. The fraction of sp³-hybridized carbons (Fsp3) is 0.923. The van der Waals surface area contributed by atoms with Crippen molar-refractivity contribution in [3.63, 3.8) is 0 Å². The Bertz CT molecular complexity index is 520. The van der Waals surface area contributed by atoms with E-state index in [1.165, 1.54) is 0 Å². The van der Waals surface area contributed by atoms with Gasteiger partial charge in [-0.25, -0.2) is 0 Å². The van der Waals surface area contributed by atoms with Crippen LogP contribution in [0.15, 0.2) is 0 Å². The van der Waals surface area contributed by atoms with E-state index in [9.17, 15) is 9.59 Å². The molecule has 0 saturated heterocycles. The van der Waals surface area contributed by atoms with Gasteiger partial charge in [-0.2, -0.15) is 0 Å². The monoisotopic (exact) mass is 567 g/mol. The molecule has 1 atom stereocenters. The summed E-state index contributed by atoms with van der Waals surface area (Å²) >= 11 is 0. The third-order valence-electron chi connectivity index (χ3n) is 5.04. The Balaban J connectivity index is 3.22. The Hall–Kier alpha value is -1.26. The summed E-state index contributed by atoms with van der Waals surface area (Å²) in [4.78, 5) is 23.0. The number of nitrogens with one attached hydrogen (secondary N) is 2. The molecule has 0 fully saturated rings. The number of rotatable bonds is 33. The van der Waals surface area contributed by atoms with Crippen LogP contribution in [0.25, 0.3) is 0 Å². The van der Waals surface area contributed by atoms with Gasteiger partial charge in [0.1, 0.15) is 6.29 Å². The number of nitrogens with two attached hydrogens (primary N) is 1. The molecule has 0 aromatic rings. The zero-order valence-electron chi connectivity index (χ0n) is 23.9. The van der Waals surface area contributed by atoms with E-state index in [1.807, 2.05) is 7.05 Å². The van der Waals surface area contributed by atoms with Gasteiger partial charge in [0.25, 0.3) is 0 Å². The lowest BCUT2D eigenvalue weighted by Gasteiger charge is -2.13. The van der Waals surface area contributed by atoms with Gasteiger partial charge >= 0.3 is 0 Å². The molecule has 0 spiro atoms. The fourth-order valence-corrected chi connectivity index (χ4v) is 3.01. The van der Waals surface area contributed by atoms with Crippen LogP contribution in [0.4, 0.5) is 0 Å². The minimum Gasteiger partial charge on any atom is -0.379 e. The molecule has 39 heavy (non-hydrogen) atoms. The van der Waals surface area contributed by atoms with Crippen LogP contribution in [-0.2, 0) is 47.5 Å². The topological polar surface area (TPSA) is 158 Å². The average molecular weight is 568 g/mol. The lowest BCUT2D eigenvalue weighted by Crippen LogP contribution is -2.36. The van der Waals surface area contributed by atoms with Crippen molar-refractivity contribution in [3.05, 3.63) is 0 Å². The second-order valence-electron chi connectivity index (χ2n) is 8.35. The van der Waals surface area contributed by atoms with Crippen LogP contribution in [0, 0.1) is 0 Å². The molecule has 0 aromatic heterocycles. The van der Waals surface area contributed by atoms with E-state index in [0.29, 0.717) is 112 Å².